The molecule has 1 aromatic heterocycles. The molecule has 1 aliphatic heterocycles. The van der Waals surface area contributed by atoms with E-state index in [1.807, 2.05) is 18.2 Å². The van der Waals surface area contributed by atoms with Crippen LogP contribution in [0.25, 0.3) is 0 Å². The molecule has 26 heavy (non-hydrogen) atoms. The van der Waals surface area contributed by atoms with Crippen LogP contribution in [-0.4, -0.2) is 28.4 Å². The number of carbonyl (C=O) groups excluding carboxylic acids is 1. The van der Waals surface area contributed by atoms with Gasteiger partial charge >= 0.3 is 6.18 Å². The molecular weight excluding hydrogens is 341 g/mol. The third-order valence-corrected chi connectivity index (χ3v) is 4.81. The Hall–Kier alpha value is -2.37. The first kappa shape index (κ1) is 18.4. The fourth-order valence-electron chi connectivity index (χ4n) is 3.50. The molecule has 1 saturated heterocycles. The fraction of sp³-hybridized carbons (Fsp3) is 0.400. The van der Waals surface area contributed by atoms with E-state index in [1.54, 1.807) is 11.1 Å². The number of amides is 1. The van der Waals surface area contributed by atoms with E-state index in [9.17, 15) is 18.0 Å². The number of hydrogen-bond donors (Lipinski definition) is 0. The zero-order chi connectivity index (χ0) is 18.6. The number of aryl methyl sites for hydroxylation is 1. The summed E-state index contributed by atoms with van der Waals surface area (Å²) in [6, 6.07) is 10.7. The summed E-state index contributed by atoms with van der Waals surface area (Å²) in [6.45, 7) is 0.498. The van der Waals surface area contributed by atoms with Crippen molar-refractivity contribution in [2.75, 3.05) is 6.54 Å². The summed E-state index contributed by atoms with van der Waals surface area (Å²) in [5.74, 6) is -0.524. The third kappa shape index (κ3) is 4.23. The smallest absolute Gasteiger partial charge is 0.336 e. The summed E-state index contributed by atoms with van der Waals surface area (Å²) < 4.78 is 39.8. The van der Waals surface area contributed by atoms with Crippen LogP contribution in [0.5, 0.6) is 0 Å². The molecule has 0 bridgehead atoms. The van der Waals surface area contributed by atoms with Crippen LogP contribution in [0.3, 0.4) is 0 Å². The van der Waals surface area contributed by atoms with Gasteiger partial charge in [-0.1, -0.05) is 18.2 Å². The van der Waals surface area contributed by atoms with Gasteiger partial charge in [0.25, 0.3) is 5.91 Å². The van der Waals surface area contributed by atoms with Crippen molar-refractivity contribution < 1.29 is 18.0 Å². The minimum atomic E-state index is -4.54. The van der Waals surface area contributed by atoms with Crippen molar-refractivity contribution >= 4 is 5.91 Å². The summed E-state index contributed by atoms with van der Waals surface area (Å²) in [7, 11) is 0. The number of alkyl halides is 3. The Bertz CT molecular complexity index is 746. The van der Waals surface area contributed by atoms with E-state index < -0.39 is 17.6 Å². The molecule has 1 aliphatic rings. The Morgan fingerprint density at radius 2 is 1.88 bits per heavy atom. The number of likely N-dealkylation sites (tertiary alicyclic amines) is 1. The molecule has 3 nitrogen and oxygen atoms in total. The highest BCUT2D eigenvalue weighted by molar-refractivity contribution is 5.96. The summed E-state index contributed by atoms with van der Waals surface area (Å²) in [6.07, 6.45) is 1.21. The molecule has 0 radical (unpaired) electrons. The first-order chi connectivity index (χ1) is 12.5. The standard InChI is InChI=1S/C20H21F3N2O/c21-20(22,23)18-10-2-1-9-17(18)19(26)25-14-6-4-8-16(25)12-11-15-7-3-5-13-24-15/h1-3,5,7,9-10,13,16H,4,6,8,11-12,14H2/t16-/m0/s1. The molecule has 1 atom stereocenters. The fourth-order valence-corrected chi connectivity index (χ4v) is 3.50. The lowest BCUT2D eigenvalue weighted by Crippen LogP contribution is -2.44. The van der Waals surface area contributed by atoms with E-state index in [1.165, 1.54) is 18.2 Å². The van der Waals surface area contributed by atoms with Crippen molar-refractivity contribution in [1.82, 2.24) is 9.88 Å². The molecule has 1 fully saturated rings. The lowest BCUT2D eigenvalue weighted by atomic mass is 9.95. The topological polar surface area (TPSA) is 33.2 Å². The minimum absolute atomic E-state index is 0.0560. The summed E-state index contributed by atoms with van der Waals surface area (Å²) in [5.41, 5.74) is -0.190. The van der Waals surface area contributed by atoms with Crippen LogP contribution in [0, 0.1) is 0 Å². The van der Waals surface area contributed by atoms with Crippen LogP contribution in [0.2, 0.25) is 0 Å². The molecule has 0 saturated carbocycles. The van der Waals surface area contributed by atoms with E-state index in [0.29, 0.717) is 19.4 Å². The van der Waals surface area contributed by atoms with Crippen LogP contribution < -0.4 is 0 Å². The number of nitrogens with zero attached hydrogens (tertiary/aromatic N) is 2. The summed E-state index contributed by atoms with van der Waals surface area (Å²) in [4.78, 5) is 18.8. The molecule has 1 amide bonds. The van der Waals surface area contributed by atoms with E-state index in [-0.39, 0.29) is 11.6 Å². The maximum atomic E-state index is 13.3. The molecule has 2 heterocycles. The number of rotatable bonds is 4. The number of halogens is 3. The Labute approximate surface area is 150 Å². The molecular formula is C20H21F3N2O. The van der Waals surface area contributed by atoms with Gasteiger partial charge in [0, 0.05) is 24.5 Å². The second-order valence-electron chi connectivity index (χ2n) is 6.55. The second-order valence-corrected chi connectivity index (χ2v) is 6.55. The average molecular weight is 362 g/mol. The SMILES string of the molecule is O=C(c1ccccc1C(F)(F)F)N1CCCC[C@H]1CCc1ccccn1. The highest BCUT2D eigenvalue weighted by Gasteiger charge is 2.37. The van der Waals surface area contributed by atoms with E-state index in [0.717, 1.165) is 31.0 Å². The zero-order valence-corrected chi connectivity index (χ0v) is 14.4. The molecule has 3 rings (SSSR count). The summed E-state index contributed by atoms with van der Waals surface area (Å²) >= 11 is 0. The van der Waals surface area contributed by atoms with Gasteiger partial charge in [0.2, 0.25) is 0 Å². The second kappa shape index (κ2) is 7.89. The number of pyridine rings is 1. The molecule has 0 unspecified atom stereocenters. The number of hydrogen-bond acceptors (Lipinski definition) is 2. The molecule has 138 valence electrons. The van der Waals surface area contributed by atoms with Gasteiger partial charge in [-0.05, 0) is 56.4 Å². The summed E-state index contributed by atoms with van der Waals surface area (Å²) in [5, 5.41) is 0. The molecule has 0 spiro atoms. The highest BCUT2D eigenvalue weighted by Crippen LogP contribution is 2.33. The predicted octanol–water partition coefficient (Wildman–Crippen LogP) is 4.73. The zero-order valence-electron chi connectivity index (χ0n) is 14.4. The Kier molecular flexibility index (Phi) is 5.59. The molecule has 0 N–H and O–H groups in total. The Balaban J connectivity index is 1.78. The van der Waals surface area contributed by atoms with Gasteiger partial charge in [0.15, 0.2) is 0 Å². The van der Waals surface area contributed by atoms with Crippen molar-refractivity contribution in [3.05, 3.63) is 65.5 Å². The third-order valence-electron chi connectivity index (χ3n) is 4.81. The van der Waals surface area contributed by atoms with Crippen LogP contribution in [0.1, 0.15) is 47.3 Å². The van der Waals surface area contributed by atoms with Gasteiger partial charge in [0.05, 0.1) is 11.1 Å². The van der Waals surface area contributed by atoms with E-state index in [4.69, 9.17) is 0 Å². The van der Waals surface area contributed by atoms with Gasteiger partial charge in [-0.25, -0.2) is 0 Å². The largest absolute Gasteiger partial charge is 0.417 e. The average Bonchev–Trinajstić information content (AvgIpc) is 2.66. The first-order valence-corrected chi connectivity index (χ1v) is 8.84. The molecule has 6 heteroatoms. The lowest BCUT2D eigenvalue weighted by molar-refractivity contribution is -0.138. The number of aromatic nitrogens is 1. The van der Waals surface area contributed by atoms with Crippen molar-refractivity contribution in [3.63, 3.8) is 0 Å². The van der Waals surface area contributed by atoms with Gasteiger partial charge < -0.3 is 4.90 Å². The Morgan fingerprint density at radius 1 is 1.12 bits per heavy atom. The maximum absolute atomic E-state index is 13.3. The predicted molar refractivity (Wildman–Crippen MR) is 92.7 cm³/mol. The van der Waals surface area contributed by atoms with Crippen LogP contribution in [0.4, 0.5) is 13.2 Å². The first-order valence-electron chi connectivity index (χ1n) is 8.84. The number of carbonyl (C=O) groups is 1. The quantitative estimate of drug-likeness (QED) is 0.788. The van der Waals surface area contributed by atoms with E-state index in [2.05, 4.69) is 4.98 Å². The van der Waals surface area contributed by atoms with Crippen LogP contribution >= 0.6 is 0 Å². The molecule has 0 aliphatic carbocycles. The minimum Gasteiger partial charge on any atom is -0.336 e. The highest BCUT2D eigenvalue weighted by atomic mass is 19.4. The van der Waals surface area contributed by atoms with Gasteiger partial charge in [0.1, 0.15) is 0 Å². The number of benzene rings is 1. The monoisotopic (exact) mass is 362 g/mol. The molecule has 1 aromatic carbocycles. The van der Waals surface area contributed by atoms with Crippen molar-refractivity contribution in [1.29, 1.82) is 0 Å². The van der Waals surface area contributed by atoms with E-state index >= 15 is 0 Å². The molecule has 2 aromatic rings. The van der Waals surface area contributed by atoms with Gasteiger partial charge in [-0.3, -0.25) is 9.78 Å². The normalized spacial score (nSPS) is 18.0. The lowest BCUT2D eigenvalue weighted by Gasteiger charge is -2.36. The van der Waals surface area contributed by atoms with Gasteiger partial charge in [-0.15, -0.1) is 0 Å². The van der Waals surface area contributed by atoms with Crippen molar-refractivity contribution in [2.45, 2.75) is 44.3 Å². The van der Waals surface area contributed by atoms with Crippen LogP contribution in [0.15, 0.2) is 48.7 Å². The number of piperidine rings is 1. The Morgan fingerprint density at radius 3 is 2.62 bits per heavy atom. The van der Waals surface area contributed by atoms with Crippen molar-refractivity contribution in [3.8, 4) is 0 Å². The maximum Gasteiger partial charge on any atom is 0.417 e. The van der Waals surface area contributed by atoms with Gasteiger partial charge in [-0.2, -0.15) is 13.2 Å². The van der Waals surface area contributed by atoms with Crippen molar-refractivity contribution in [2.24, 2.45) is 0 Å². The van der Waals surface area contributed by atoms with Crippen LogP contribution in [-0.2, 0) is 12.6 Å².